The molecule has 0 aliphatic rings. The van der Waals surface area contributed by atoms with Crippen molar-refractivity contribution in [3.8, 4) is 24.3 Å². The third-order valence-corrected chi connectivity index (χ3v) is 7.11. The molecule has 0 amide bonds. The fourth-order valence-corrected chi connectivity index (χ4v) is 5.70. The van der Waals surface area contributed by atoms with E-state index in [0.29, 0.717) is 16.6 Å². The van der Waals surface area contributed by atoms with E-state index in [1.807, 2.05) is 83.3 Å². The van der Waals surface area contributed by atoms with Gasteiger partial charge in [-0.3, -0.25) is 4.40 Å². The maximum atomic E-state index is 10.4. The van der Waals surface area contributed by atoms with Crippen molar-refractivity contribution in [3.63, 3.8) is 0 Å². The van der Waals surface area contributed by atoms with Gasteiger partial charge in [-0.2, -0.15) is 21.0 Å². The van der Waals surface area contributed by atoms with Gasteiger partial charge in [0.2, 0.25) is 0 Å². The molecule has 6 nitrogen and oxygen atoms in total. The third-order valence-electron chi connectivity index (χ3n) is 7.11. The van der Waals surface area contributed by atoms with Gasteiger partial charge in [-0.1, -0.05) is 60.7 Å². The number of imidazole rings is 1. The molecule has 0 radical (unpaired) electrons. The molecule has 0 unspecified atom stereocenters. The van der Waals surface area contributed by atoms with Crippen LogP contribution >= 0.6 is 0 Å². The largest absolute Gasteiger partial charge is 0.290 e. The maximum absolute atomic E-state index is 10.4. The number of nitrogens with zero attached hydrogens (tertiary/aromatic N) is 6. The van der Waals surface area contributed by atoms with Gasteiger partial charge in [0.25, 0.3) is 0 Å². The molecular weight excluding hydrogens is 456 g/mol. The van der Waals surface area contributed by atoms with Gasteiger partial charge in [-0.05, 0) is 33.7 Å². The van der Waals surface area contributed by atoms with Crippen LogP contribution in [0, 0.1) is 45.3 Å². The molecule has 0 N–H and O–H groups in total. The fraction of sp³-hybridized carbons (Fsp3) is 0. The number of aromatic nitrogens is 2. The van der Waals surface area contributed by atoms with Gasteiger partial charge in [0.05, 0.1) is 38.8 Å². The van der Waals surface area contributed by atoms with Crippen LogP contribution in [0.2, 0.25) is 0 Å². The summed E-state index contributed by atoms with van der Waals surface area (Å²) in [7, 11) is 0. The normalized spacial score (nSPS) is 11.1. The van der Waals surface area contributed by atoms with Crippen LogP contribution in [0.1, 0.15) is 22.3 Å². The number of hydrogen-bond donors (Lipinski definition) is 0. The summed E-state index contributed by atoms with van der Waals surface area (Å²) in [5.74, 6) is 0. The Balaban J connectivity index is 2.05. The van der Waals surface area contributed by atoms with E-state index in [0.717, 1.165) is 43.4 Å². The zero-order valence-corrected chi connectivity index (χ0v) is 19.1. The Labute approximate surface area is 209 Å². The zero-order valence-electron chi connectivity index (χ0n) is 19.1. The minimum absolute atomic E-state index is 0.0559. The highest BCUT2D eigenvalue weighted by molar-refractivity contribution is 6.35. The molecule has 0 bridgehead atoms. The topological polar surface area (TPSA) is 112 Å². The summed E-state index contributed by atoms with van der Waals surface area (Å²) in [6.07, 6.45) is 0. The Kier molecular flexibility index (Phi) is 4.01. The Morgan fingerprint density at radius 1 is 0.514 bits per heavy atom. The predicted octanol–water partition coefficient (Wildman–Crippen LogP) is 6.59. The minimum Gasteiger partial charge on any atom is -0.290 e. The summed E-state index contributed by atoms with van der Waals surface area (Å²) in [6.45, 7) is 0. The van der Waals surface area contributed by atoms with Crippen LogP contribution in [0.5, 0.6) is 0 Å². The Morgan fingerprint density at radius 3 is 1.65 bits per heavy atom. The highest BCUT2D eigenvalue weighted by Crippen LogP contribution is 2.44. The first kappa shape index (κ1) is 20.4. The summed E-state index contributed by atoms with van der Waals surface area (Å²) in [5, 5.41) is 46.7. The van der Waals surface area contributed by atoms with Crippen molar-refractivity contribution in [2.45, 2.75) is 0 Å². The van der Waals surface area contributed by atoms with Crippen molar-refractivity contribution < 1.29 is 0 Å². The molecule has 0 aliphatic carbocycles. The first-order valence-corrected chi connectivity index (χ1v) is 11.5. The average molecular weight is 468 g/mol. The summed E-state index contributed by atoms with van der Waals surface area (Å²) in [4.78, 5) is 5.00. The molecule has 0 aliphatic heterocycles. The second kappa shape index (κ2) is 7.27. The highest BCUT2D eigenvalue weighted by atomic mass is 15.0. The lowest BCUT2D eigenvalue weighted by molar-refractivity contribution is 1.29. The Bertz CT molecular complexity index is 2350. The van der Waals surface area contributed by atoms with Gasteiger partial charge in [-0.15, -0.1) is 0 Å². The van der Waals surface area contributed by atoms with E-state index in [9.17, 15) is 21.0 Å². The van der Waals surface area contributed by atoms with Crippen LogP contribution in [0.15, 0.2) is 72.8 Å². The van der Waals surface area contributed by atoms with Crippen molar-refractivity contribution in [3.05, 3.63) is 95.1 Å². The summed E-state index contributed by atoms with van der Waals surface area (Å²) < 4.78 is 1.87. The standard InChI is InChI=1S/C31H12N6/c32-13-21-22(14-33)24(16-35)30-28(23(21)15-34)27-19-9-3-1-7-17(19)18-8-2-4-10-20(18)29(27)31-36-25-11-5-6-12-26(25)37(30)31/h1-12H. The van der Waals surface area contributed by atoms with Crippen molar-refractivity contribution in [2.75, 3.05) is 0 Å². The highest BCUT2D eigenvalue weighted by Gasteiger charge is 2.27. The second-order valence-corrected chi connectivity index (χ2v) is 8.77. The quantitative estimate of drug-likeness (QED) is 0.233. The number of fused-ring (bicyclic) bond motifs is 13. The fourth-order valence-electron chi connectivity index (χ4n) is 5.70. The van der Waals surface area contributed by atoms with Crippen LogP contribution in [-0.2, 0) is 0 Å². The van der Waals surface area contributed by atoms with Gasteiger partial charge in [-0.25, -0.2) is 4.98 Å². The SMILES string of the molecule is N#Cc1c(C#N)c(C#N)c2c(c1C#N)c1c3ccccc3c3ccccc3c1c1nc3ccccc3n12. The predicted molar refractivity (Wildman–Crippen MR) is 142 cm³/mol. The molecule has 0 spiro atoms. The van der Waals surface area contributed by atoms with E-state index in [1.165, 1.54) is 0 Å². The van der Waals surface area contributed by atoms with E-state index in [4.69, 9.17) is 4.98 Å². The lowest BCUT2D eigenvalue weighted by Gasteiger charge is -2.17. The van der Waals surface area contributed by atoms with E-state index in [2.05, 4.69) is 18.2 Å². The summed E-state index contributed by atoms with van der Waals surface area (Å²) in [5.41, 5.74) is 2.45. The van der Waals surface area contributed by atoms with Crippen molar-refractivity contribution >= 4 is 59.9 Å². The third kappa shape index (κ3) is 2.41. The number of pyridine rings is 1. The van der Waals surface area contributed by atoms with Gasteiger partial charge < -0.3 is 0 Å². The van der Waals surface area contributed by atoms with E-state index < -0.39 is 0 Å². The number of para-hydroxylation sites is 2. The van der Waals surface area contributed by atoms with Crippen LogP contribution < -0.4 is 0 Å². The molecule has 0 saturated heterocycles. The molecule has 0 fully saturated rings. The lowest BCUT2D eigenvalue weighted by Crippen LogP contribution is -2.03. The molecule has 6 heteroatoms. The van der Waals surface area contributed by atoms with Crippen LogP contribution in [0.25, 0.3) is 59.9 Å². The van der Waals surface area contributed by atoms with Crippen molar-refractivity contribution in [1.29, 1.82) is 21.0 Å². The van der Waals surface area contributed by atoms with Gasteiger partial charge in [0.15, 0.2) is 0 Å². The molecule has 0 atom stereocenters. The molecule has 37 heavy (non-hydrogen) atoms. The van der Waals surface area contributed by atoms with E-state index >= 15 is 0 Å². The molecule has 2 heterocycles. The molecular formula is C31H12N6. The smallest absolute Gasteiger partial charge is 0.147 e. The van der Waals surface area contributed by atoms with Crippen LogP contribution in [-0.4, -0.2) is 9.38 Å². The summed E-state index contributed by atoms with van der Waals surface area (Å²) in [6, 6.07) is 32.0. The molecule has 166 valence electrons. The zero-order chi connectivity index (χ0) is 25.3. The molecule has 0 saturated carbocycles. The number of rotatable bonds is 0. The second-order valence-electron chi connectivity index (χ2n) is 8.77. The first-order chi connectivity index (χ1) is 18.2. The monoisotopic (exact) mass is 468 g/mol. The van der Waals surface area contributed by atoms with Crippen LogP contribution in [0.3, 0.4) is 0 Å². The lowest BCUT2D eigenvalue weighted by atomic mass is 9.87. The van der Waals surface area contributed by atoms with Gasteiger partial charge in [0, 0.05) is 16.2 Å². The first-order valence-electron chi connectivity index (χ1n) is 11.5. The number of benzene rings is 5. The van der Waals surface area contributed by atoms with E-state index in [-0.39, 0.29) is 22.3 Å². The average Bonchev–Trinajstić information content (AvgIpc) is 3.34. The number of nitriles is 4. The Morgan fingerprint density at radius 2 is 1.03 bits per heavy atom. The van der Waals surface area contributed by atoms with Crippen molar-refractivity contribution in [2.24, 2.45) is 0 Å². The molecule has 2 aromatic heterocycles. The minimum atomic E-state index is -0.0995. The van der Waals surface area contributed by atoms with Crippen molar-refractivity contribution in [1.82, 2.24) is 9.38 Å². The maximum Gasteiger partial charge on any atom is 0.147 e. The molecule has 7 rings (SSSR count). The molecule has 7 aromatic rings. The summed E-state index contributed by atoms with van der Waals surface area (Å²) >= 11 is 0. The van der Waals surface area contributed by atoms with Gasteiger partial charge in [0.1, 0.15) is 29.9 Å². The van der Waals surface area contributed by atoms with Gasteiger partial charge >= 0.3 is 0 Å². The van der Waals surface area contributed by atoms with E-state index in [1.54, 1.807) is 0 Å². The Hall–Kier alpha value is -5.95. The van der Waals surface area contributed by atoms with Crippen LogP contribution in [0.4, 0.5) is 0 Å². The number of hydrogen-bond acceptors (Lipinski definition) is 5. The molecule has 5 aromatic carbocycles.